The van der Waals surface area contributed by atoms with Gasteiger partial charge in [-0.25, -0.2) is 0 Å². The zero-order valence-corrected chi connectivity index (χ0v) is 13.3. The van der Waals surface area contributed by atoms with E-state index in [4.69, 9.17) is 10.5 Å². The van der Waals surface area contributed by atoms with Crippen molar-refractivity contribution in [3.05, 3.63) is 50.6 Å². The first-order chi connectivity index (χ1) is 9.64. The molecule has 0 aliphatic carbocycles. The maximum atomic E-state index is 10.8. The second-order valence-electron chi connectivity index (χ2n) is 5.18. The largest absolute Gasteiger partial charge is 0.493 e. The summed E-state index contributed by atoms with van der Waals surface area (Å²) in [4.78, 5) is 0.922. The molecule has 2 aromatic rings. The number of hydrogen-bond donors (Lipinski definition) is 2. The Morgan fingerprint density at radius 2 is 2.15 bits per heavy atom. The first-order valence-electron chi connectivity index (χ1n) is 6.49. The molecule has 3 nitrogen and oxygen atoms in total. The molecule has 5 heteroatoms. The molecule has 0 saturated carbocycles. The minimum Gasteiger partial charge on any atom is -0.493 e. The van der Waals surface area contributed by atoms with Gasteiger partial charge in [-0.15, -0.1) is 11.3 Å². The Morgan fingerprint density at radius 1 is 1.35 bits per heavy atom. The van der Waals surface area contributed by atoms with Crippen LogP contribution in [0.25, 0.3) is 0 Å². The minimum atomic E-state index is -0.614. The topological polar surface area (TPSA) is 55.5 Å². The van der Waals surface area contributed by atoms with E-state index >= 15 is 0 Å². The van der Waals surface area contributed by atoms with Crippen molar-refractivity contribution in [2.24, 2.45) is 11.1 Å². The van der Waals surface area contributed by atoms with Crippen LogP contribution in [0.1, 0.15) is 16.5 Å². The van der Waals surface area contributed by atoms with Crippen LogP contribution in [-0.2, 0) is 6.42 Å². The van der Waals surface area contributed by atoms with E-state index in [9.17, 15) is 5.11 Å². The van der Waals surface area contributed by atoms with E-state index in [-0.39, 0.29) is 0 Å². The van der Waals surface area contributed by atoms with Gasteiger partial charge in [0, 0.05) is 11.4 Å². The lowest BCUT2D eigenvalue weighted by Crippen LogP contribution is -2.45. The summed E-state index contributed by atoms with van der Waals surface area (Å²) < 4.78 is 6.84. The highest BCUT2D eigenvalue weighted by atomic mass is 79.9. The van der Waals surface area contributed by atoms with E-state index in [1.807, 2.05) is 36.4 Å². The third-order valence-corrected chi connectivity index (χ3v) is 5.56. The standard InChI is InChI=1S/C15H16BrNO2S/c16-13-6-5-12(20-13)14(18)15(8-17)7-10-3-1-2-4-11(10)19-9-15/h1-6,14,18H,7-9,17H2. The molecular weight excluding hydrogens is 338 g/mol. The van der Waals surface area contributed by atoms with Gasteiger partial charge in [0.05, 0.1) is 21.9 Å². The lowest BCUT2D eigenvalue weighted by Gasteiger charge is -2.40. The second-order valence-corrected chi connectivity index (χ2v) is 7.68. The summed E-state index contributed by atoms with van der Waals surface area (Å²) in [6, 6.07) is 11.8. The Kier molecular flexibility index (Phi) is 3.86. The fraction of sp³-hybridized carbons (Fsp3) is 0.333. The number of thiophene rings is 1. The van der Waals surface area contributed by atoms with Crippen molar-refractivity contribution in [3.63, 3.8) is 0 Å². The summed E-state index contributed by atoms with van der Waals surface area (Å²) in [5.74, 6) is 0.899. The number of rotatable bonds is 3. The van der Waals surface area contributed by atoms with Crippen molar-refractivity contribution < 1.29 is 9.84 Å². The van der Waals surface area contributed by atoms with Crippen LogP contribution in [0.3, 0.4) is 0 Å². The van der Waals surface area contributed by atoms with Crippen LogP contribution >= 0.6 is 27.3 Å². The van der Waals surface area contributed by atoms with Crippen LogP contribution in [-0.4, -0.2) is 18.3 Å². The first kappa shape index (κ1) is 14.1. The molecule has 0 spiro atoms. The molecule has 2 heterocycles. The summed E-state index contributed by atoms with van der Waals surface area (Å²) in [7, 11) is 0. The average molecular weight is 354 g/mol. The molecule has 2 atom stereocenters. The van der Waals surface area contributed by atoms with Gasteiger partial charge in [-0.1, -0.05) is 18.2 Å². The smallest absolute Gasteiger partial charge is 0.122 e. The highest BCUT2D eigenvalue weighted by Crippen LogP contribution is 2.44. The number of ether oxygens (including phenoxy) is 1. The van der Waals surface area contributed by atoms with E-state index in [2.05, 4.69) is 15.9 Å². The maximum absolute atomic E-state index is 10.8. The molecule has 1 aromatic carbocycles. The average Bonchev–Trinajstić information content (AvgIpc) is 2.92. The Morgan fingerprint density at radius 3 is 2.85 bits per heavy atom. The summed E-state index contributed by atoms with van der Waals surface area (Å²) in [5.41, 5.74) is 6.64. The van der Waals surface area contributed by atoms with Crippen LogP contribution in [0.5, 0.6) is 5.75 Å². The van der Waals surface area contributed by atoms with Crippen LogP contribution in [0.4, 0.5) is 0 Å². The Balaban J connectivity index is 1.93. The number of halogens is 1. The number of nitrogens with two attached hydrogens (primary N) is 1. The Hall–Kier alpha value is -0.880. The zero-order chi connectivity index (χ0) is 14.2. The minimum absolute atomic E-state index is 0.387. The van der Waals surface area contributed by atoms with Gasteiger partial charge in [0.25, 0.3) is 0 Å². The molecule has 106 valence electrons. The molecular formula is C15H16BrNO2S. The van der Waals surface area contributed by atoms with E-state index in [0.29, 0.717) is 13.2 Å². The third-order valence-electron chi connectivity index (χ3n) is 3.88. The van der Waals surface area contributed by atoms with Gasteiger partial charge < -0.3 is 15.6 Å². The molecule has 1 aliphatic rings. The molecule has 20 heavy (non-hydrogen) atoms. The number of hydrogen-bond acceptors (Lipinski definition) is 4. The summed E-state index contributed by atoms with van der Waals surface area (Å²) in [5, 5.41) is 10.8. The van der Waals surface area contributed by atoms with Crippen molar-refractivity contribution in [2.45, 2.75) is 12.5 Å². The molecule has 0 saturated heterocycles. The van der Waals surface area contributed by atoms with Gasteiger partial charge in [-0.2, -0.15) is 0 Å². The number of benzene rings is 1. The van der Waals surface area contributed by atoms with Crippen molar-refractivity contribution in [1.82, 2.24) is 0 Å². The summed E-state index contributed by atoms with van der Waals surface area (Å²) >= 11 is 4.97. The molecule has 0 radical (unpaired) electrons. The summed E-state index contributed by atoms with van der Waals surface area (Å²) in [6.45, 7) is 0.829. The van der Waals surface area contributed by atoms with Crippen LogP contribution in [0.2, 0.25) is 0 Å². The third kappa shape index (κ3) is 2.39. The SMILES string of the molecule is NCC1(C(O)c2ccc(Br)s2)COc2ccccc2C1. The monoisotopic (exact) mass is 353 g/mol. The van der Waals surface area contributed by atoms with E-state index in [1.165, 1.54) is 0 Å². The molecule has 1 aromatic heterocycles. The molecule has 2 unspecified atom stereocenters. The van der Waals surface area contributed by atoms with Gasteiger partial charge in [0.15, 0.2) is 0 Å². The van der Waals surface area contributed by atoms with E-state index in [1.54, 1.807) is 11.3 Å². The molecule has 3 N–H and O–H groups in total. The lowest BCUT2D eigenvalue weighted by molar-refractivity contribution is -0.0140. The lowest BCUT2D eigenvalue weighted by atomic mass is 9.75. The van der Waals surface area contributed by atoms with Crippen molar-refractivity contribution in [3.8, 4) is 5.75 Å². The van der Waals surface area contributed by atoms with Crippen LogP contribution in [0.15, 0.2) is 40.2 Å². The number of fused-ring (bicyclic) bond motifs is 1. The van der Waals surface area contributed by atoms with Gasteiger partial charge in [-0.3, -0.25) is 0 Å². The molecule has 0 fully saturated rings. The second kappa shape index (κ2) is 5.48. The van der Waals surface area contributed by atoms with Crippen LogP contribution in [0, 0.1) is 5.41 Å². The van der Waals surface area contributed by atoms with Crippen LogP contribution < -0.4 is 10.5 Å². The molecule has 1 aliphatic heterocycles. The van der Waals surface area contributed by atoms with Crippen molar-refractivity contribution in [1.29, 1.82) is 0 Å². The Labute approximate surface area is 130 Å². The van der Waals surface area contributed by atoms with E-state index in [0.717, 1.165) is 26.4 Å². The van der Waals surface area contributed by atoms with Gasteiger partial charge in [0.1, 0.15) is 5.75 Å². The predicted octanol–water partition coefficient (Wildman–Crippen LogP) is 3.12. The Bertz CT molecular complexity index is 615. The van der Waals surface area contributed by atoms with Crippen molar-refractivity contribution in [2.75, 3.05) is 13.2 Å². The molecule has 0 bridgehead atoms. The fourth-order valence-corrected chi connectivity index (χ4v) is 4.19. The number of para-hydroxylation sites is 1. The normalized spacial score (nSPS) is 22.9. The van der Waals surface area contributed by atoms with E-state index < -0.39 is 11.5 Å². The highest BCUT2D eigenvalue weighted by molar-refractivity contribution is 9.11. The van der Waals surface area contributed by atoms with Gasteiger partial charge >= 0.3 is 0 Å². The maximum Gasteiger partial charge on any atom is 0.122 e. The van der Waals surface area contributed by atoms with Gasteiger partial charge in [0.2, 0.25) is 0 Å². The first-order valence-corrected chi connectivity index (χ1v) is 8.10. The quantitative estimate of drug-likeness (QED) is 0.891. The zero-order valence-electron chi connectivity index (χ0n) is 10.9. The molecule has 0 amide bonds. The highest BCUT2D eigenvalue weighted by Gasteiger charge is 2.42. The predicted molar refractivity (Wildman–Crippen MR) is 84.1 cm³/mol. The van der Waals surface area contributed by atoms with Crippen molar-refractivity contribution >= 4 is 27.3 Å². The summed E-state index contributed by atoms with van der Waals surface area (Å²) in [6.07, 6.45) is 0.119. The fourth-order valence-electron chi connectivity index (χ4n) is 2.64. The molecule has 3 rings (SSSR count). The number of aliphatic hydroxyl groups excluding tert-OH is 1. The number of aliphatic hydroxyl groups is 1. The van der Waals surface area contributed by atoms with Gasteiger partial charge in [-0.05, 0) is 46.1 Å².